The highest BCUT2D eigenvalue weighted by Crippen LogP contribution is 2.31. The third kappa shape index (κ3) is 4.30. The Hall–Kier alpha value is -3.23. The zero-order chi connectivity index (χ0) is 22.0. The van der Waals surface area contributed by atoms with Crippen molar-refractivity contribution < 1.29 is 17.9 Å². The number of carbonyl (C=O) groups is 1. The lowest BCUT2D eigenvalue weighted by atomic mass is 10.0. The van der Waals surface area contributed by atoms with E-state index in [0.717, 1.165) is 5.56 Å². The van der Waals surface area contributed by atoms with Gasteiger partial charge in [0.2, 0.25) is 15.6 Å². The number of hydrogen-bond donors (Lipinski definition) is 0. The van der Waals surface area contributed by atoms with E-state index in [-0.39, 0.29) is 27.7 Å². The summed E-state index contributed by atoms with van der Waals surface area (Å²) in [4.78, 5) is 20.9. The quantitative estimate of drug-likeness (QED) is 0.390. The Morgan fingerprint density at radius 2 is 1.90 bits per heavy atom. The Balaban J connectivity index is 1.48. The van der Waals surface area contributed by atoms with Crippen LogP contribution in [-0.2, 0) is 16.3 Å². The summed E-state index contributed by atoms with van der Waals surface area (Å²) < 4.78 is 32.8. The van der Waals surface area contributed by atoms with Gasteiger partial charge >= 0.3 is 0 Å². The number of sulfone groups is 1. The van der Waals surface area contributed by atoms with Crippen LogP contribution in [-0.4, -0.2) is 35.7 Å². The number of fused-ring (bicyclic) bond motifs is 1. The zero-order valence-corrected chi connectivity index (χ0v) is 18.1. The summed E-state index contributed by atoms with van der Waals surface area (Å²) in [5, 5.41) is 0.387. The molecule has 0 aliphatic heterocycles. The van der Waals surface area contributed by atoms with Crippen LogP contribution in [0.5, 0.6) is 5.75 Å². The normalized spacial score (nSPS) is 11.5. The molecule has 0 radical (unpaired) electrons. The van der Waals surface area contributed by atoms with Crippen LogP contribution in [0, 0.1) is 0 Å². The molecule has 2 heterocycles. The van der Waals surface area contributed by atoms with E-state index in [9.17, 15) is 13.2 Å². The van der Waals surface area contributed by atoms with Crippen molar-refractivity contribution in [1.82, 2.24) is 14.4 Å². The Bertz CT molecular complexity index is 1370. The van der Waals surface area contributed by atoms with Crippen molar-refractivity contribution in [3.05, 3.63) is 83.4 Å². The van der Waals surface area contributed by atoms with Gasteiger partial charge in [-0.2, -0.15) is 0 Å². The van der Waals surface area contributed by atoms with E-state index < -0.39 is 9.84 Å². The van der Waals surface area contributed by atoms with Gasteiger partial charge in [0.1, 0.15) is 10.6 Å². The molecule has 4 rings (SSSR count). The van der Waals surface area contributed by atoms with E-state index in [4.69, 9.17) is 16.3 Å². The van der Waals surface area contributed by atoms with Crippen molar-refractivity contribution >= 4 is 33.0 Å². The fraction of sp³-hybridized carbons (Fsp3) is 0.136. The van der Waals surface area contributed by atoms with Crippen molar-refractivity contribution in [2.45, 2.75) is 22.6 Å². The van der Waals surface area contributed by atoms with Gasteiger partial charge in [0.25, 0.3) is 0 Å². The van der Waals surface area contributed by atoms with Gasteiger partial charge in [-0.3, -0.25) is 9.20 Å². The number of imidazole rings is 1. The van der Waals surface area contributed by atoms with Gasteiger partial charge in [-0.15, -0.1) is 0 Å². The minimum Gasteiger partial charge on any atom is -0.495 e. The van der Waals surface area contributed by atoms with Gasteiger partial charge in [-0.25, -0.2) is 18.4 Å². The Labute approximate surface area is 184 Å². The number of ketones is 1. The number of methoxy groups -OCH3 is 1. The molecule has 0 unspecified atom stereocenters. The second kappa shape index (κ2) is 8.49. The lowest BCUT2D eigenvalue weighted by Gasteiger charge is -2.10. The molecule has 0 spiro atoms. The van der Waals surface area contributed by atoms with Gasteiger partial charge in [0, 0.05) is 42.3 Å². The molecular weight excluding hydrogens is 438 g/mol. The average Bonchev–Trinajstić information content (AvgIpc) is 3.25. The topological polar surface area (TPSA) is 90.6 Å². The fourth-order valence-corrected chi connectivity index (χ4v) is 4.75. The Morgan fingerprint density at radius 3 is 2.65 bits per heavy atom. The fourth-order valence-electron chi connectivity index (χ4n) is 3.19. The van der Waals surface area contributed by atoms with Crippen LogP contribution in [0.4, 0.5) is 0 Å². The first-order chi connectivity index (χ1) is 14.9. The van der Waals surface area contributed by atoms with Gasteiger partial charge in [-0.05, 0) is 36.2 Å². The number of nitrogens with zero attached hydrogens (tertiary/aromatic N) is 3. The highest BCUT2D eigenvalue weighted by Gasteiger charge is 2.22. The Kier molecular flexibility index (Phi) is 5.75. The molecule has 31 heavy (non-hydrogen) atoms. The number of halogens is 1. The molecule has 7 nitrogen and oxygen atoms in total. The third-order valence-electron chi connectivity index (χ3n) is 4.86. The largest absolute Gasteiger partial charge is 0.495 e. The lowest BCUT2D eigenvalue weighted by molar-refractivity contribution is 0.0982. The van der Waals surface area contributed by atoms with Gasteiger partial charge in [0.15, 0.2) is 5.78 Å². The van der Waals surface area contributed by atoms with Crippen LogP contribution < -0.4 is 4.74 Å². The summed E-state index contributed by atoms with van der Waals surface area (Å²) in [5.41, 5.74) is 1.35. The molecule has 0 aliphatic rings. The molecule has 0 aliphatic carbocycles. The van der Waals surface area contributed by atoms with Crippen LogP contribution in [0.1, 0.15) is 22.3 Å². The first-order valence-corrected chi connectivity index (χ1v) is 11.2. The highest BCUT2D eigenvalue weighted by atomic mass is 35.5. The molecule has 2 aromatic heterocycles. The first-order valence-electron chi connectivity index (χ1n) is 9.38. The number of aryl methyl sites for hydroxylation is 1. The summed E-state index contributed by atoms with van der Waals surface area (Å²) in [7, 11) is -2.38. The lowest BCUT2D eigenvalue weighted by Crippen LogP contribution is -2.06. The highest BCUT2D eigenvalue weighted by molar-refractivity contribution is 7.91. The molecule has 2 aromatic carbocycles. The summed E-state index contributed by atoms with van der Waals surface area (Å²) in [5.74, 6) is 0.669. The number of Topliss-reactive ketones (excluding diaryl/α,β-unsaturated/α-hetero) is 1. The van der Waals surface area contributed by atoms with Crippen molar-refractivity contribution in [1.29, 1.82) is 0 Å². The molecule has 0 atom stereocenters. The predicted molar refractivity (Wildman–Crippen MR) is 116 cm³/mol. The molecule has 0 bridgehead atoms. The van der Waals surface area contributed by atoms with Crippen molar-refractivity contribution in [2.24, 2.45) is 0 Å². The van der Waals surface area contributed by atoms with Crippen LogP contribution >= 0.6 is 11.6 Å². The minimum absolute atomic E-state index is 0.0460. The molecule has 0 N–H and O–H groups in total. The molecule has 0 saturated carbocycles. The number of aromatic nitrogens is 3. The van der Waals surface area contributed by atoms with Crippen LogP contribution in [0.3, 0.4) is 0 Å². The van der Waals surface area contributed by atoms with Gasteiger partial charge in [0.05, 0.1) is 17.6 Å². The zero-order valence-electron chi connectivity index (χ0n) is 16.5. The Morgan fingerprint density at radius 1 is 1.13 bits per heavy atom. The van der Waals surface area contributed by atoms with Crippen LogP contribution in [0.2, 0.25) is 5.02 Å². The monoisotopic (exact) mass is 455 g/mol. The van der Waals surface area contributed by atoms with Crippen LogP contribution in [0.15, 0.2) is 77.0 Å². The van der Waals surface area contributed by atoms with Crippen molar-refractivity contribution in [2.75, 3.05) is 7.11 Å². The standard InChI is InChI=1S/C22H18ClN3O4S/c1-30-20-12-17(23)5-9-21(20)31(28,29)18-6-2-15(3-7-18)4-8-19(27)16-13-25-22-24-10-11-26(22)14-16/h2-3,5-7,9-14H,4,8H2,1H3. The van der Waals surface area contributed by atoms with E-state index in [1.54, 1.807) is 35.1 Å². The third-order valence-corrected chi connectivity index (χ3v) is 6.90. The van der Waals surface area contributed by atoms with Gasteiger partial charge < -0.3 is 4.74 Å². The van der Waals surface area contributed by atoms with E-state index >= 15 is 0 Å². The average molecular weight is 456 g/mol. The molecule has 0 saturated heterocycles. The number of rotatable bonds is 7. The smallest absolute Gasteiger partial charge is 0.233 e. The SMILES string of the molecule is COc1cc(Cl)ccc1S(=O)(=O)c1ccc(CCC(=O)c2cnc3nccn3c2)cc1. The van der Waals surface area contributed by atoms with E-state index in [1.165, 1.54) is 43.6 Å². The molecule has 0 amide bonds. The number of hydrogen-bond acceptors (Lipinski definition) is 6. The second-order valence-electron chi connectivity index (χ2n) is 6.84. The second-order valence-corrected chi connectivity index (χ2v) is 9.20. The minimum atomic E-state index is -3.77. The molecule has 4 aromatic rings. The van der Waals surface area contributed by atoms with E-state index in [2.05, 4.69) is 9.97 Å². The molecule has 158 valence electrons. The summed E-state index contributed by atoms with van der Waals surface area (Å²) >= 11 is 5.93. The van der Waals surface area contributed by atoms with Crippen LogP contribution in [0.25, 0.3) is 5.78 Å². The maximum absolute atomic E-state index is 13.0. The van der Waals surface area contributed by atoms with E-state index in [0.29, 0.717) is 22.8 Å². The molecule has 9 heteroatoms. The molecular formula is C22H18ClN3O4S. The number of ether oxygens (including phenoxy) is 1. The predicted octanol–water partition coefficient (Wildman–Crippen LogP) is 4.04. The molecule has 0 fully saturated rings. The van der Waals surface area contributed by atoms with Crippen molar-refractivity contribution in [3.8, 4) is 5.75 Å². The summed E-state index contributed by atoms with van der Waals surface area (Å²) in [6, 6.07) is 10.9. The summed E-state index contributed by atoms with van der Waals surface area (Å²) in [6.45, 7) is 0. The van der Waals surface area contributed by atoms with Gasteiger partial charge in [-0.1, -0.05) is 23.7 Å². The maximum Gasteiger partial charge on any atom is 0.233 e. The maximum atomic E-state index is 13.0. The van der Waals surface area contributed by atoms with Crippen molar-refractivity contribution in [3.63, 3.8) is 0 Å². The summed E-state index contributed by atoms with van der Waals surface area (Å²) in [6.07, 6.45) is 7.32. The van der Waals surface area contributed by atoms with E-state index in [1.807, 2.05) is 0 Å². The number of carbonyl (C=O) groups excluding carboxylic acids is 1. The first kappa shape index (κ1) is 21.0. The number of benzene rings is 2.